The van der Waals surface area contributed by atoms with E-state index in [9.17, 15) is 0 Å². The van der Waals surface area contributed by atoms with Crippen molar-refractivity contribution >= 4 is 11.8 Å². The maximum atomic E-state index is 4.41. The molecule has 19 heavy (non-hydrogen) atoms. The Morgan fingerprint density at radius 2 is 2.21 bits per heavy atom. The Morgan fingerprint density at radius 3 is 2.84 bits per heavy atom. The summed E-state index contributed by atoms with van der Waals surface area (Å²) in [6.45, 7) is 7.94. The van der Waals surface area contributed by atoms with Gasteiger partial charge >= 0.3 is 0 Å². The fraction of sp³-hybridized carbons (Fsp3) is 0.733. The van der Waals surface area contributed by atoms with Crippen molar-refractivity contribution in [3.8, 4) is 0 Å². The number of hydrogen-bond donors (Lipinski definition) is 1. The van der Waals surface area contributed by atoms with Gasteiger partial charge in [-0.3, -0.25) is 4.98 Å². The summed E-state index contributed by atoms with van der Waals surface area (Å²) in [5, 5.41) is 5.32. The molecular formula is C15H25N3S. The summed E-state index contributed by atoms with van der Waals surface area (Å²) in [5.74, 6) is 1.64. The molecule has 1 saturated carbocycles. The molecule has 0 aliphatic heterocycles. The summed E-state index contributed by atoms with van der Waals surface area (Å²) in [5.41, 5.74) is 0. The van der Waals surface area contributed by atoms with Crippen LogP contribution in [-0.4, -0.2) is 27.8 Å². The molecule has 0 spiro atoms. The van der Waals surface area contributed by atoms with Gasteiger partial charge in [-0.05, 0) is 37.6 Å². The van der Waals surface area contributed by atoms with E-state index in [0.717, 1.165) is 23.4 Å². The highest BCUT2D eigenvalue weighted by Crippen LogP contribution is 2.38. The Labute approximate surface area is 121 Å². The van der Waals surface area contributed by atoms with E-state index >= 15 is 0 Å². The number of nitrogens with zero attached hydrogens (tertiary/aromatic N) is 2. The smallest absolute Gasteiger partial charge is 0.115 e. The van der Waals surface area contributed by atoms with Crippen LogP contribution in [0.2, 0.25) is 0 Å². The lowest BCUT2D eigenvalue weighted by molar-refractivity contribution is 0.247. The van der Waals surface area contributed by atoms with Gasteiger partial charge < -0.3 is 5.32 Å². The van der Waals surface area contributed by atoms with E-state index in [1.165, 1.54) is 19.3 Å². The van der Waals surface area contributed by atoms with Crippen molar-refractivity contribution in [3.63, 3.8) is 0 Å². The zero-order chi connectivity index (χ0) is 13.7. The average Bonchev–Trinajstić information content (AvgIpc) is 2.42. The van der Waals surface area contributed by atoms with Crippen LogP contribution in [0.1, 0.15) is 40.0 Å². The first kappa shape index (κ1) is 14.8. The monoisotopic (exact) mass is 279 g/mol. The minimum Gasteiger partial charge on any atom is -0.313 e. The summed E-state index contributed by atoms with van der Waals surface area (Å²) in [6, 6.07) is 0.618. The maximum absolute atomic E-state index is 4.41. The van der Waals surface area contributed by atoms with Crippen molar-refractivity contribution in [2.75, 3.05) is 6.54 Å². The van der Waals surface area contributed by atoms with E-state index in [4.69, 9.17) is 0 Å². The van der Waals surface area contributed by atoms with Gasteiger partial charge in [0.25, 0.3) is 0 Å². The Hall–Kier alpha value is -0.610. The van der Waals surface area contributed by atoms with Gasteiger partial charge in [0.05, 0.1) is 6.20 Å². The van der Waals surface area contributed by atoms with Gasteiger partial charge in [0.15, 0.2) is 0 Å². The predicted molar refractivity (Wildman–Crippen MR) is 81.3 cm³/mol. The first-order valence-corrected chi connectivity index (χ1v) is 8.24. The van der Waals surface area contributed by atoms with Gasteiger partial charge in [-0.25, -0.2) is 4.98 Å². The molecule has 0 amide bonds. The number of nitrogens with one attached hydrogen (secondary N) is 1. The molecule has 1 aromatic heterocycles. The molecule has 3 nitrogen and oxygen atoms in total. The van der Waals surface area contributed by atoms with Crippen LogP contribution in [0.15, 0.2) is 23.6 Å². The molecule has 1 heterocycles. The van der Waals surface area contributed by atoms with Gasteiger partial charge in [0, 0.05) is 23.7 Å². The number of rotatable bonds is 5. The molecule has 0 saturated heterocycles. The second-order valence-electron chi connectivity index (χ2n) is 5.68. The summed E-state index contributed by atoms with van der Waals surface area (Å²) >= 11 is 1.90. The highest BCUT2D eigenvalue weighted by Gasteiger charge is 2.32. The predicted octanol–water partition coefficient (Wildman–Crippen LogP) is 3.37. The Morgan fingerprint density at radius 1 is 1.37 bits per heavy atom. The highest BCUT2D eigenvalue weighted by molar-refractivity contribution is 7.99. The molecule has 2 rings (SSSR count). The van der Waals surface area contributed by atoms with Gasteiger partial charge in [0.1, 0.15) is 5.03 Å². The van der Waals surface area contributed by atoms with E-state index in [0.29, 0.717) is 11.3 Å². The number of hydrogen-bond acceptors (Lipinski definition) is 4. The molecule has 0 bridgehead atoms. The molecule has 3 atom stereocenters. The van der Waals surface area contributed by atoms with Crippen molar-refractivity contribution in [2.45, 2.75) is 56.4 Å². The second kappa shape index (κ2) is 7.25. The minimum atomic E-state index is 0.618. The zero-order valence-corrected chi connectivity index (χ0v) is 13.0. The van der Waals surface area contributed by atoms with Crippen LogP contribution >= 0.6 is 11.8 Å². The average molecular weight is 279 g/mol. The molecule has 106 valence electrons. The van der Waals surface area contributed by atoms with Crippen molar-refractivity contribution in [3.05, 3.63) is 18.6 Å². The second-order valence-corrected chi connectivity index (χ2v) is 6.94. The van der Waals surface area contributed by atoms with Crippen molar-refractivity contribution in [1.82, 2.24) is 15.3 Å². The SMILES string of the molecule is CCNC1CCC(C(C)C)CC1Sc1cnccn1. The fourth-order valence-electron chi connectivity index (χ4n) is 2.89. The van der Waals surface area contributed by atoms with Gasteiger partial charge in [-0.15, -0.1) is 0 Å². The van der Waals surface area contributed by atoms with Gasteiger partial charge in [-0.2, -0.15) is 0 Å². The van der Waals surface area contributed by atoms with Crippen molar-refractivity contribution in [2.24, 2.45) is 11.8 Å². The van der Waals surface area contributed by atoms with Gasteiger partial charge in [0.2, 0.25) is 0 Å². The molecule has 1 N–H and O–H groups in total. The van der Waals surface area contributed by atoms with Crippen LogP contribution in [0, 0.1) is 11.8 Å². The van der Waals surface area contributed by atoms with E-state index in [-0.39, 0.29) is 0 Å². The Kier molecular flexibility index (Phi) is 5.64. The first-order chi connectivity index (χ1) is 9.20. The molecule has 1 fully saturated rings. The van der Waals surface area contributed by atoms with E-state index < -0.39 is 0 Å². The van der Waals surface area contributed by atoms with Crippen LogP contribution in [0.5, 0.6) is 0 Å². The first-order valence-electron chi connectivity index (χ1n) is 7.36. The van der Waals surface area contributed by atoms with Crippen LogP contribution in [0.25, 0.3) is 0 Å². The van der Waals surface area contributed by atoms with E-state index in [1.807, 2.05) is 18.0 Å². The lowest BCUT2D eigenvalue weighted by Gasteiger charge is -2.37. The third-order valence-corrected chi connectivity index (χ3v) is 5.33. The quantitative estimate of drug-likeness (QED) is 0.897. The van der Waals surface area contributed by atoms with Crippen LogP contribution < -0.4 is 5.32 Å². The number of aromatic nitrogens is 2. The third-order valence-electron chi connectivity index (χ3n) is 4.05. The summed E-state index contributed by atoms with van der Waals surface area (Å²) < 4.78 is 0. The Balaban J connectivity index is 2.03. The topological polar surface area (TPSA) is 37.8 Å². The molecule has 0 aromatic carbocycles. The highest BCUT2D eigenvalue weighted by atomic mass is 32.2. The summed E-state index contributed by atoms with van der Waals surface area (Å²) in [6.07, 6.45) is 9.34. The number of thioether (sulfide) groups is 1. The molecule has 0 radical (unpaired) electrons. The minimum absolute atomic E-state index is 0.618. The van der Waals surface area contributed by atoms with Crippen LogP contribution in [0.3, 0.4) is 0 Å². The molecular weight excluding hydrogens is 254 g/mol. The maximum Gasteiger partial charge on any atom is 0.115 e. The fourth-order valence-corrected chi connectivity index (χ4v) is 4.19. The Bertz CT molecular complexity index is 369. The summed E-state index contributed by atoms with van der Waals surface area (Å²) in [7, 11) is 0. The van der Waals surface area contributed by atoms with Crippen LogP contribution in [-0.2, 0) is 0 Å². The molecule has 4 heteroatoms. The van der Waals surface area contributed by atoms with Crippen molar-refractivity contribution < 1.29 is 0 Å². The van der Waals surface area contributed by atoms with Crippen LogP contribution in [0.4, 0.5) is 0 Å². The lowest BCUT2D eigenvalue weighted by atomic mass is 9.79. The zero-order valence-electron chi connectivity index (χ0n) is 12.2. The summed E-state index contributed by atoms with van der Waals surface area (Å²) in [4.78, 5) is 8.58. The molecule has 1 aromatic rings. The van der Waals surface area contributed by atoms with Gasteiger partial charge in [-0.1, -0.05) is 32.5 Å². The normalized spacial score (nSPS) is 27.7. The largest absolute Gasteiger partial charge is 0.313 e. The van der Waals surface area contributed by atoms with Crippen molar-refractivity contribution in [1.29, 1.82) is 0 Å². The lowest BCUT2D eigenvalue weighted by Crippen LogP contribution is -2.43. The third kappa shape index (κ3) is 4.18. The molecule has 1 aliphatic rings. The standard InChI is InChI=1S/C15H25N3S/c1-4-17-13-6-5-12(11(2)3)9-14(13)19-15-10-16-7-8-18-15/h7-8,10-14,17H,4-6,9H2,1-3H3. The molecule has 1 aliphatic carbocycles. The van der Waals surface area contributed by atoms with E-state index in [1.54, 1.807) is 12.4 Å². The van der Waals surface area contributed by atoms with E-state index in [2.05, 4.69) is 36.1 Å². The molecule has 3 unspecified atom stereocenters.